The molecule has 0 aliphatic heterocycles. The highest BCUT2D eigenvalue weighted by Crippen LogP contribution is 2.34. The largest absolute Gasteiger partial charge is 0.306 e. The van der Waals surface area contributed by atoms with Gasteiger partial charge in [-0.2, -0.15) is 0 Å². The molecule has 0 N–H and O–H groups in total. The summed E-state index contributed by atoms with van der Waals surface area (Å²) in [6, 6.07) is 8.77. The highest BCUT2D eigenvalue weighted by Gasteiger charge is 2.22. The highest BCUT2D eigenvalue weighted by atomic mass is 15.1. The molecular weight excluding hydrogens is 170 g/mol. The van der Waals surface area contributed by atoms with Crippen molar-refractivity contribution in [3.63, 3.8) is 0 Å². The lowest BCUT2D eigenvalue weighted by Crippen LogP contribution is -2.23. The third-order valence-corrected chi connectivity index (χ3v) is 3.13. The molecule has 2 rings (SSSR count). The zero-order valence-electron chi connectivity index (χ0n) is 9.03. The number of benzene rings is 1. The van der Waals surface area contributed by atoms with E-state index in [9.17, 15) is 0 Å². The average molecular weight is 188 g/mol. The van der Waals surface area contributed by atoms with Gasteiger partial charge in [-0.15, -0.1) is 0 Å². The third kappa shape index (κ3) is 1.83. The van der Waals surface area contributed by atoms with E-state index >= 15 is 0 Å². The van der Waals surface area contributed by atoms with Crippen molar-refractivity contribution in [2.24, 2.45) is 0 Å². The zero-order valence-corrected chi connectivity index (χ0v) is 9.03. The van der Waals surface area contributed by atoms with Crippen molar-refractivity contribution in [1.29, 1.82) is 0 Å². The van der Waals surface area contributed by atoms with Crippen LogP contribution in [0, 0.1) is 6.42 Å². The first-order valence-corrected chi connectivity index (χ1v) is 5.42. The van der Waals surface area contributed by atoms with Gasteiger partial charge in [0, 0.05) is 6.54 Å². The van der Waals surface area contributed by atoms with E-state index in [4.69, 9.17) is 0 Å². The second kappa shape index (κ2) is 4.14. The van der Waals surface area contributed by atoms with E-state index in [1.54, 1.807) is 0 Å². The van der Waals surface area contributed by atoms with Gasteiger partial charge < -0.3 is 4.90 Å². The summed E-state index contributed by atoms with van der Waals surface area (Å²) in [5.41, 5.74) is 2.98. The molecule has 0 heterocycles. The van der Waals surface area contributed by atoms with Crippen molar-refractivity contribution >= 4 is 0 Å². The molecular formula is C13H18N. The second-order valence-electron chi connectivity index (χ2n) is 4.12. The lowest BCUT2D eigenvalue weighted by molar-refractivity contribution is 0.328. The summed E-state index contributed by atoms with van der Waals surface area (Å²) in [7, 11) is 2.20. The Balaban J connectivity index is 2.10. The van der Waals surface area contributed by atoms with Crippen LogP contribution in [-0.2, 0) is 0 Å². The minimum Gasteiger partial charge on any atom is -0.306 e. The maximum Gasteiger partial charge on any atom is 0.00474 e. The summed E-state index contributed by atoms with van der Waals surface area (Å²) in [6.07, 6.45) is 3.58. The minimum atomic E-state index is 0.719. The Morgan fingerprint density at radius 2 is 2.14 bits per heavy atom. The Bertz CT molecular complexity index is 306. The molecule has 75 valence electrons. The zero-order chi connectivity index (χ0) is 9.97. The lowest BCUT2D eigenvalue weighted by Gasteiger charge is -2.19. The van der Waals surface area contributed by atoms with Gasteiger partial charge in [0.05, 0.1) is 0 Å². The number of hydrogen-bond donors (Lipinski definition) is 0. The molecule has 1 radical (unpaired) electrons. The molecule has 0 saturated heterocycles. The summed E-state index contributed by atoms with van der Waals surface area (Å²) in [6.45, 7) is 4.53. The molecule has 1 aliphatic carbocycles. The standard InChI is InChI=1S/C13H18N/c1-3-14(2)10-12-9-8-11-6-4-5-7-13(11)12/h4-8,12H,3,9-10H2,1-2H3/t12-/m1/s1. The predicted molar refractivity (Wildman–Crippen MR) is 60.4 cm³/mol. The summed E-state index contributed by atoms with van der Waals surface area (Å²) >= 11 is 0. The van der Waals surface area contributed by atoms with Crippen LogP contribution in [0.5, 0.6) is 0 Å². The topological polar surface area (TPSA) is 3.24 Å². The predicted octanol–water partition coefficient (Wildman–Crippen LogP) is 2.68. The number of hydrogen-bond acceptors (Lipinski definition) is 1. The highest BCUT2D eigenvalue weighted by molar-refractivity contribution is 5.41. The average Bonchev–Trinajstić information content (AvgIpc) is 2.62. The Kier molecular flexibility index (Phi) is 2.87. The van der Waals surface area contributed by atoms with Gasteiger partial charge in [0.2, 0.25) is 0 Å². The number of likely N-dealkylation sites (N-methyl/N-ethyl adjacent to an activating group) is 1. The number of nitrogens with zero attached hydrogens (tertiary/aromatic N) is 1. The minimum absolute atomic E-state index is 0.719. The first kappa shape index (κ1) is 9.72. The summed E-state index contributed by atoms with van der Waals surface area (Å²) in [5, 5.41) is 0. The van der Waals surface area contributed by atoms with Gasteiger partial charge in [-0.05, 0) is 43.5 Å². The van der Waals surface area contributed by atoms with E-state index in [1.807, 2.05) is 0 Å². The van der Waals surface area contributed by atoms with Crippen LogP contribution < -0.4 is 0 Å². The smallest absolute Gasteiger partial charge is 0.00474 e. The molecule has 0 spiro atoms. The summed E-state index contributed by atoms with van der Waals surface area (Å²) < 4.78 is 0. The first-order valence-electron chi connectivity index (χ1n) is 5.42. The van der Waals surface area contributed by atoms with Gasteiger partial charge in [-0.3, -0.25) is 0 Å². The molecule has 1 aromatic rings. The molecule has 0 saturated carbocycles. The van der Waals surface area contributed by atoms with E-state index in [-0.39, 0.29) is 0 Å². The summed E-state index contributed by atoms with van der Waals surface area (Å²) in [5.74, 6) is 0.719. The Morgan fingerprint density at radius 1 is 1.36 bits per heavy atom. The fraction of sp³-hybridized carbons (Fsp3) is 0.462. The van der Waals surface area contributed by atoms with Crippen LogP contribution in [0.1, 0.15) is 30.4 Å². The normalized spacial score (nSPS) is 20.1. The molecule has 1 atom stereocenters. The van der Waals surface area contributed by atoms with Crippen molar-refractivity contribution in [2.75, 3.05) is 20.1 Å². The Hall–Kier alpha value is -0.820. The van der Waals surface area contributed by atoms with Crippen molar-refractivity contribution in [3.05, 3.63) is 41.8 Å². The van der Waals surface area contributed by atoms with Crippen molar-refractivity contribution in [2.45, 2.75) is 19.3 Å². The fourth-order valence-corrected chi connectivity index (χ4v) is 2.14. The van der Waals surface area contributed by atoms with Gasteiger partial charge in [-0.25, -0.2) is 0 Å². The molecule has 0 fully saturated rings. The fourth-order valence-electron chi connectivity index (χ4n) is 2.14. The monoisotopic (exact) mass is 188 g/mol. The van der Waals surface area contributed by atoms with Crippen LogP contribution in [0.4, 0.5) is 0 Å². The molecule has 0 aromatic heterocycles. The van der Waals surface area contributed by atoms with E-state index in [0.29, 0.717) is 0 Å². The van der Waals surface area contributed by atoms with Crippen molar-refractivity contribution < 1.29 is 0 Å². The van der Waals surface area contributed by atoms with Gasteiger partial charge >= 0.3 is 0 Å². The van der Waals surface area contributed by atoms with Crippen LogP contribution in [0.3, 0.4) is 0 Å². The van der Waals surface area contributed by atoms with Crippen LogP contribution in [0.15, 0.2) is 24.3 Å². The third-order valence-electron chi connectivity index (χ3n) is 3.13. The van der Waals surface area contributed by atoms with Crippen LogP contribution in [0.25, 0.3) is 0 Å². The van der Waals surface area contributed by atoms with Crippen LogP contribution >= 0.6 is 0 Å². The molecule has 1 aromatic carbocycles. The lowest BCUT2D eigenvalue weighted by atomic mass is 10.0. The van der Waals surface area contributed by atoms with Gasteiger partial charge in [0.1, 0.15) is 0 Å². The quantitative estimate of drug-likeness (QED) is 0.705. The van der Waals surface area contributed by atoms with Crippen LogP contribution in [0.2, 0.25) is 0 Å². The van der Waals surface area contributed by atoms with Crippen LogP contribution in [-0.4, -0.2) is 25.0 Å². The van der Waals surface area contributed by atoms with E-state index in [0.717, 1.165) is 12.5 Å². The SMILES string of the molecule is CCN(C)C[C@H]1C[CH]c2ccccc21. The number of rotatable bonds is 3. The van der Waals surface area contributed by atoms with Gasteiger partial charge in [-0.1, -0.05) is 31.2 Å². The van der Waals surface area contributed by atoms with Gasteiger partial charge in [0.15, 0.2) is 0 Å². The van der Waals surface area contributed by atoms with Crippen molar-refractivity contribution in [1.82, 2.24) is 4.90 Å². The van der Waals surface area contributed by atoms with E-state index in [1.165, 1.54) is 24.1 Å². The molecule has 1 aliphatic rings. The molecule has 1 nitrogen and oxygen atoms in total. The van der Waals surface area contributed by atoms with Crippen molar-refractivity contribution in [3.8, 4) is 0 Å². The summed E-state index contributed by atoms with van der Waals surface area (Å²) in [4.78, 5) is 2.39. The van der Waals surface area contributed by atoms with Gasteiger partial charge in [0.25, 0.3) is 0 Å². The maximum atomic E-state index is 2.39. The van der Waals surface area contributed by atoms with E-state index < -0.39 is 0 Å². The maximum absolute atomic E-state index is 2.39. The second-order valence-corrected chi connectivity index (χ2v) is 4.12. The molecule has 0 amide bonds. The van der Waals surface area contributed by atoms with E-state index in [2.05, 4.69) is 49.6 Å². The molecule has 0 unspecified atom stereocenters. The Labute approximate surface area is 86.7 Å². The number of fused-ring (bicyclic) bond motifs is 1. The molecule has 0 bridgehead atoms. The first-order chi connectivity index (χ1) is 6.81. The molecule has 1 heteroatoms. The molecule has 14 heavy (non-hydrogen) atoms. The Morgan fingerprint density at radius 3 is 2.93 bits per heavy atom.